The Bertz CT molecular complexity index is 338. The fourth-order valence-electron chi connectivity index (χ4n) is 2.70. The van der Waals surface area contributed by atoms with Gasteiger partial charge in [0.2, 0.25) is 11.8 Å². The van der Waals surface area contributed by atoms with Crippen LogP contribution in [0.3, 0.4) is 0 Å². The highest BCUT2D eigenvalue weighted by Crippen LogP contribution is 2.44. The van der Waals surface area contributed by atoms with Crippen LogP contribution in [-0.2, 0) is 9.59 Å². The molecule has 2 amide bonds. The highest BCUT2D eigenvalue weighted by atomic mass is 16.2. The molecular formula is C13H22N2O2. The molecule has 0 aromatic heterocycles. The molecule has 0 radical (unpaired) electrons. The van der Waals surface area contributed by atoms with Crippen LogP contribution in [-0.4, -0.2) is 34.8 Å². The van der Waals surface area contributed by atoms with Crippen LogP contribution >= 0.6 is 0 Å². The van der Waals surface area contributed by atoms with Gasteiger partial charge in [-0.15, -0.1) is 0 Å². The van der Waals surface area contributed by atoms with E-state index < -0.39 is 5.54 Å². The highest BCUT2D eigenvalue weighted by molar-refractivity contribution is 5.99. The monoisotopic (exact) mass is 238 g/mol. The largest absolute Gasteiger partial charge is 0.343 e. The SMILES string of the molecule is CCCCN1C(=O)C(C)NC(=O)C1(C)C1CC1. The van der Waals surface area contributed by atoms with E-state index in [1.165, 1.54) is 0 Å². The van der Waals surface area contributed by atoms with Crippen LogP contribution in [0.2, 0.25) is 0 Å². The minimum Gasteiger partial charge on any atom is -0.343 e. The molecule has 1 N–H and O–H groups in total. The zero-order chi connectivity index (χ0) is 12.6. The topological polar surface area (TPSA) is 49.4 Å². The molecule has 1 heterocycles. The Labute approximate surface area is 103 Å². The van der Waals surface area contributed by atoms with Gasteiger partial charge < -0.3 is 10.2 Å². The number of piperazine rings is 1. The van der Waals surface area contributed by atoms with Gasteiger partial charge in [-0.2, -0.15) is 0 Å². The molecule has 4 heteroatoms. The molecule has 17 heavy (non-hydrogen) atoms. The molecule has 96 valence electrons. The lowest BCUT2D eigenvalue weighted by Gasteiger charge is -2.46. The fourth-order valence-corrected chi connectivity index (χ4v) is 2.70. The first-order chi connectivity index (χ1) is 8.01. The summed E-state index contributed by atoms with van der Waals surface area (Å²) in [6, 6.07) is -0.369. The lowest BCUT2D eigenvalue weighted by atomic mass is 9.88. The molecular weight excluding hydrogens is 216 g/mol. The van der Waals surface area contributed by atoms with E-state index >= 15 is 0 Å². The standard InChI is InChI=1S/C13H22N2O2/c1-4-5-8-15-11(16)9(2)14-12(17)13(15,3)10-6-7-10/h9-10H,4-8H2,1-3H3,(H,14,17). The van der Waals surface area contributed by atoms with Gasteiger partial charge in [-0.1, -0.05) is 13.3 Å². The van der Waals surface area contributed by atoms with Gasteiger partial charge >= 0.3 is 0 Å². The van der Waals surface area contributed by atoms with Crippen LogP contribution in [0.4, 0.5) is 0 Å². The molecule has 0 bridgehead atoms. The molecule has 1 saturated carbocycles. The summed E-state index contributed by atoms with van der Waals surface area (Å²) in [5, 5.41) is 2.82. The molecule has 1 saturated heterocycles. The molecule has 4 nitrogen and oxygen atoms in total. The van der Waals surface area contributed by atoms with Gasteiger partial charge in [-0.3, -0.25) is 9.59 Å². The van der Waals surface area contributed by atoms with Gasteiger partial charge in [0.15, 0.2) is 0 Å². The summed E-state index contributed by atoms with van der Waals surface area (Å²) >= 11 is 0. The van der Waals surface area contributed by atoms with Gasteiger partial charge in [0.1, 0.15) is 11.6 Å². The predicted octanol–water partition coefficient (Wildman–Crippen LogP) is 1.30. The van der Waals surface area contributed by atoms with Crippen molar-refractivity contribution in [1.29, 1.82) is 0 Å². The maximum Gasteiger partial charge on any atom is 0.246 e. The van der Waals surface area contributed by atoms with Gasteiger partial charge in [-0.05, 0) is 39.0 Å². The number of carbonyl (C=O) groups excluding carboxylic acids is 2. The number of amides is 2. The Kier molecular flexibility index (Phi) is 3.15. The molecule has 1 aliphatic heterocycles. The lowest BCUT2D eigenvalue weighted by molar-refractivity contribution is -0.157. The summed E-state index contributed by atoms with van der Waals surface area (Å²) in [5.41, 5.74) is -0.598. The van der Waals surface area contributed by atoms with Crippen LogP contribution in [0.1, 0.15) is 46.5 Å². The number of carbonyl (C=O) groups is 2. The minimum absolute atomic E-state index is 0.0307. The minimum atomic E-state index is -0.598. The van der Waals surface area contributed by atoms with Crippen molar-refractivity contribution in [2.75, 3.05) is 6.54 Å². The van der Waals surface area contributed by atoms with E-state index in [0.29, 0.717) is 12.5 Å². The number of nitrogens with zero attached hydrogens (tertiary/aromatic N) is 1. The van der Waals surface area contributed by atoms with E-state index in [1.807, 2.05) is 11.8 Å². The summed E-state index contributed by atoms with van der Waals surface area (Å²) in [4.78, 5) is 26.3. The van der Waals surface area contributed by atoms with Crippen LogP contribution in [0.15, 0.2) is 0 Å². The molecule has 0 aromatic carbocycles. The van der Waals surface area contributed by atoms with Crippen molar-refractivity contribution >= 4 is 11.8 Å². The van der Waals surface area contributed by atoms with Crippen molar-refractivity contribution in [2.24, 2.45) is 5.92 Å². The van der Waals surface area contributed by atoms with Crippen molar-refractivity contribution in [2.45, 2.75) is 58.0 Å². The van der Waals surface area contributed by atoms with E-state index in [-0.39, 0.29) is 17.9 Å². The van der Waals surface area contributed by atoms with Crippen LogP contribution < -0.4 is 5.32 Å². The second-order valence-corrected chi connectivity index (χ2v) is 5.46. The molecule has 1 aliphatic carbocycles. The van der Waals surface area contributed by atoms with Crippen molar-refractivity contribution in [1.82, 2.24) is 10.2 Å². The van der Waals surface area contributed by atoms with Gasteiger partial charge in [0, 0.05) is 6.54 Å². The smallest absolute Gasteiger partial charge is 0.246 e. The third-order valence-corrected chi connectivity index (χ3v) is 4.11. The molecule has 0 spiro atoms. The Hall–Kier alpha value is -1.06. The van der Waals surface area contributed by atoms with Crippen molar-refractivity contribution in [3.05, 3.63) is 0 Å². The molecule has 2 fully saturated rings. The van der Waals surface area contributed by atoms with Gasteiger partial charge in [-0.25, -0.2) is 0 Å². The average molecular weight is 238 g/mol. The lowest BCUT2D eigenvalue weighted by Crippen LogP contribution is -2.69. The first-order valence-electron chi connectivity index (χ1n) is 6.64. The van der Waals surface area contributed by atoms with E-state index in [0.717, 1.165) is 25.7 Å². The number of unbranched alkanes of at least 4 members (excludes halogenated alkanes) is 1. The van der Waals surface area contributed by atoms with Crippen LogP contribution in [0.5, 0.6) is 0 Å². The van der Waals surface area contributed by atoms with E-state index in [1.54, 1.807) is 6.92 Å². The molecule has 2 unspecified atom stereocenters. The molecule has 0 aromatic rings. The number of nitrogens with one attached hydrogen (secondary N) is 1. The number of rotatable bonds is 4. The van der Waals surface area contributed by atoms with E-state index in [2.05, 4.69) is 12.2 Å². The number of hydrogen-bond donors (Lipinski definition) is 1. The fraction of sp³-hybridized carbons (Fsp3) is 0.846. The van der Waals surface area contributed by atoms with E-state index in [4.69, 9.17) is 0 Å². The van der Waals surface area contributed by atoms with Crippen LogP contribution in [0.25, 0.3) is 0 Å². The normalized spacial score (nSPS) is 33.8. The summed E-state index contributed by atoms with van der Waals surface area (Å²) in [7, 11) is 0. The summed E-state index contributed by atoms with van der Waals surface area (Å²) in [5.74, 6) is 0.464. The zero-order valence-electron chi connectivity index (χ0n) is 11.0. The van der Waals surface area contributed by atoms with Crippen molar-refractivity contribution in [3.63, 3.8) is 0 Å². The first-order valence-corrected chi connectivity index (χ1v) is 6.64. The second-order valence-electron chi connectivity index (χ2n) is 5.46. The summed E-state index contributed by atoms with van der Waals surface area (Å²) in [6.45, 7) is 6.51. The Morgan fingerprint density at radius 2 is 2.06 bits per heavy atom. The number of hydrogen-bond acceptors (Lipinski definition) is 2. The third-order valence-electron chi connectivity index (χ3n) is 4.11. The highest BCUT2D eigenvalue weighted by Gasteiger charge is 2.55. The third kappa shape index (κ3) is 1.94. The van der Waals surface area contributed by atoms with Gasteiger partial charge in [0.25, 0.3) is 0 Å². The van der Waals surface area contributed by atoms with Crippen LogP contribution in [0, 0.1) is 5.92 Å². The summed E-state index contributed by atoms with van der Waals surface area (Å²) in [6.07, 6.45) is 4.14. The maximum absolute atomic E-state index is 12.2. The zero-order valence-corrected chi connectivity index (χ0v) is 11.0. The van der Waals surface area contributed by atoms with Gasteiger partial charge in [0.05, 0.1) is 0 Å². The Morgan fingerprint density at radius 3 is 2.59 bits per heavy atom. The van der Waals surface area contributed by atoms with Crippen molar-refractivity contribution in [3.8, 4) is 0 Å². The second kappa shape index (κ2) is 4.31. The van der Waals surface area contributed by atoms with Crippen molar-refractivity contribution < 1.29 is 9.59 Å². The average Bonchev–Trinajstić information content (AvgIpc) is 3.10. The first kappa shape index (κ1) is 12.4. The Balaban J connectivity index is 2.24. The Morgan fingerprint density at radius 1 is 1.41 bits per heavy atom. The molecule has 2 aliphatic rings. The maximum atomic E-state index is 12.2. The predicted molar refractivity (Wildman–Crippen MR) is 65.4 cm³/mol. The van der Waals surface area contributed by atoms with E-state index in [9.17, 15) is 9.59 Å². The quantitative estimate of drug-likeness (QED) is 0.802. The molecule has 2 rings (SSSR count). The summed E-state index contributed by atoms with van der Waals surface area (Å²) < 4.78 is 0. The molecule has 2 atom stereocenters.